The zero-order valence-electron chi connectivity index (χ0n) is 12.7. The van der Waals surface area contributed by atoms with Gasteiger partial charge in [-0.25, -0.2) is 0 Å². The third kappa shape index (κ3) is 3.07. The van der Waals surface area contributed by atoms with Crippen LogP contribution in [0.15, 0.2) is 0 Å². The fourth-order valence-electron chi connectivity index (χ4n) is 4.00. The first-order chi connectivity index (χ1) is 10.0. The summed E-state index contributed by atoms with van der Waals surface area (Å²) in [6.07, 6.45) is 3.82. The van der Waals surface area contributed by atoms with Crippen LogP contribution in [0, 0.1) is 23.7 Å². The molecule has 2 saturated carbocycles. The van der Waals surface area contributed by atoms with Gasteiger partial charge in [-0.2, -0.15) is 0 Å². The maximum Gasteiger partial charge on any atom is 0.309 e. The Kier molecular flexibility index (Phi) is 4.20. The SMILES string of the molecule is CC(C)C(=O)OCCOC1C2CC3CC(C2)C(=O)OC1C3. The summed E-state index contributed by atoms with van der Waals surface area (Å²) in [6, 6.07) is 0. The molecule has 5 nitrogen and oxygen atoms in total. The number of hydrogen-bond acceptors (Lipinski definition) is 5. The van der Waals surface area contributed by atoms with Crippen molar-refractivity contribution in [1.82, 2.24) is 0 Å². The summed E-state index contributed by atoms with van der Waals surface area (Å²) in [7, 11) is 0. The Labute approximate surface area is 125 Å². The Morgan fingerprint density at radius 2 is 2.05 bits per heavy atom. The van der Waals surface area contributed by atoms with Gasteiger partial charge in [-0.1, -0.05) is 13.8 Å². The number of carbonyl (C=O) groups excluding carboxylic acids is 2. The molecule has 0 radical (unpaired) electrons. The largest absolute Gasteiger partial charge is 0.463 e. The van der Waals surface area contributed by atoms with Crippen LogP contribution in [0.25, 0.3) is 0 Å². The van der Waals surface area contributed by atoms with E-state index < -0.39 is 0 Å². The standard InChI is InChI=1S/C16H24O5/c1-9(2)15(17)20-4-3-19-14-11-5-10-6-12(8-11)16(18)21-13(14)7-10/h9-14H,3-8H2,1-2H3. The van der Waals surface area contributed by atoms with Crippen molar-refractivity contribution in [3.8, 4) is 0 Å². The number of rotatable bonds is 5. The van der Waals surface area contributed by atoms with E-state index in [1.54, 1.807) is 0 Å². The van der Waals surface area contributed by atoms with E-state index in [9.17, 15) is 9.59 Å². The van der Waals surface area contributed by atoms with Gasteiger partial charge in [0.05, 0.1) is 24.5 Å². The van der Waals surface area contributed by atoms with Crippen molar-refractivity contribution < 1.29 is 23.8 Å². The average Bonchev–Trinajstić information content (AvgIpc) is 2.59. The van der Waals surface area contributed by atoms with Crippen LogP contribution in [0.2, 0.25) is 0 Å². The predicted molar refractivity (Wildman–Crippen MR) is 74.4 cm³/mol. The van der Waals surface area contributed by atoms with Gasteiger partial charge in [0.1, 0.15) is 12.7 Å². The molecular formula is C16H24O5. The quantitative estimate of drug-likeness (QED) is 0.573. The van der Waals surface area contributed by atoms with Crippen molar-refractivity contribution in [2.75, 3.05) is 13.2 Å². The fourth-order valence-corrected chi connectivity index (χ4v) is 4.00. The summed E-state index contributed by atoms with van der Waals surface area (Å²) < 4.78 is 16.6. The normalized spacial score (nSPS) is 37.5. The van der Waals surface area contributed by atoms with Crippen LogP contribution in [0.5, 0.6) is 0 Å². The first kappa shape index (κ1) is 14.8. The molecule has 0 N–H and O–H groups in total. The van der Waals surface area contributed by atoms with E-state index in [0.29, 0.717) is 18.4 Å². The smallest absolute Gasteiger partial charge is 0.309 e. The lowest BCUT2D eigenvalue weighted by molar-refractivity contribution is -0.162. The van der Waals surface area contributed by atoms with Gasteiger partial charge in [0.2, 0.25) is 0 Å². The minimum atomic E-state index is -0.202. The Morgan fingerprint density at radius 1 is 1.24 bits per heavy atom. The first-order valence-electron chi connectivity index (χ1n) is 8.03. The molecule has 4 aliphatic rings. The van der Waals surface area contributed by atoms with Gasteiger partial charge in [0.25, 0.3) is 0 Å². The minimum Gasteiger partial charge on any atom is -0.463 e. The number of ether oxygens (including phenoxy) is 3. The van der Waals surface area contributed by atoms with Crippen LogP contribution < -0.4 is 0 Å². The number of fused-ring (bicyclic) bond motifs is 1. The predicted octanol–water partition coefficient (Wildman–Crippen LogP) is 1.93. The Morgan fingerprint density at radius 3 is 2.81 bits per heavy atom. The molecule has 0 spiro atoms. The van der Waals surface area contributed by atoms with Crippen molar-refractivity contribution in [1.29, 1.82) is 0 Å². The maximum absolute atomic E-state index is 12.0. The highest BCUT2D eigenvalue weighted by molar-refractivity contribution is 5.73. The average molecular weight is 296 g/mol. The third-order valence-corrected chi connectivity index (χ3v) is 4.95. The van der Waals surface area contributed by atoms with Gasteiger partial charge >= 0.3 is 11.9 Å². The maximum atomic E-state index is 12.0. The monoisotopic (exact) mass is 296 g/mol. The molecule has 5 unspecified atom stereocenters. The molecule has 21 heavy (non-hydrogen) atoms. The molecular weight excluding hydrogens is 272 g/mol. The van der Waals surface area contributed by atoms with Gasteiger partial charge in [-0.15, -0.1) is 0 Å². The van der Waals surface area contributed by atoms with E-state index in [2.05, 4.69) is 0 Å². The highest BCUT2D eigenvalue weighted by Gasteiger charge is 2.50. The number of carbonyl (C=O) groups is 2. The van der Waals surface area contributed by atoms with Crippen LogP contribution in [0.4, 0.5) is 0 Å². The van der Waals surface area contributed by atoms with Gasteiger partial charge < -0.3 is 14.2 Å². The van der Waals surface area contributed by atoms with Crippen LogP contribution in [0.1, 0.15) is 39.5 Å². The summed E-state index contributed by atoms with van der Waals surface area (Å²) in [5.41, 5.74) is 0. The van der Waals surface area contributed by atoms with Crippen molar-refractivity contribution in [3.05, 3.63) is 0 Å². The molecule has 118 valence electrons. The molecule has 0 aromatic heterocycles. The van der Waals surface area contributed by atoms with Crippen molar-refractivity contribution in [2.45, 2.75) is 51.7 Å². The minimum absolute atomic E-state index is 0.0201. The van der Waals surface area contributed by atoms with Crippen LogP contribution in [-0.4, -0.2) is 37.4 Å². The summed E-state index contributed by atoms with van der Waals surface area (Å²) >= 11 is 0. The zero-order valence-corrected chi connectivity index (χ0v) is 12.7. The van der Waals surface area contributed by atoms with Crippen LogP contribution >= 0.6 is 0 Å². The zero-order chi connectivity index (χ0) is 15.0. The number of esters is 2. The highest BCUT2D eigenvalue weighted by atomic mass is 16.6. The Balaban J connectivity index is 1.52. The summed E-state index contributed by atoms with van der Waals surface area (Å²) in [5, 5.41) is 0. The fraction of sp³-hybridized carbons (Fsp3) is 0.875. The molecule has 2 saturated heterocycles. The van der Waals surface area contributed by atoms with Gasteiger partial charge in [-0.05, 0) is 37.5 Å². The second-order valence-electron chi connectivity index (χ2n) is 6.90. The molecule has 5 atom stereocenters. The van der Waals surface area contributed by atoms with Crippen molar-refractivity contribution in [2.24, 2.45) is 23.7 Å². The second-order valence-corrected chi connectivity index (χ2v) is 6.90. The Hall–Kier alpha value is -1.10. The van der Waals surface area contributed by atoms with E-state index in [1.807, 2.05) is 13.8 Å². The van der Waals surface area contributed by atoms with E-state index >= 15 is 0 Å². The lowest BCUT2D eigenvalue weighted by Gasteiger charge is -2.41. The van der Waals surface area contributed by atoms with Crippen LogP contribution in [-0.2, 0) is 23.8 Å². The molecule has 4 fully saturated rings. The van der Waals surface area contributed by atoms with Crippen molar-refractivity contribution in [3.63, 3.8) is 0 Å². The number of hydrogen-bond donors (Lipinski definition) is 0. The molecule has 0 amide bonds. The molecule has 2 aliphatic carbocycles. The lowest BCUT2D eigenvalue weighted by Crippen LogP contribution is -2.44. The van der Waals surface area contributed by atoms with Gasteiger partial charge in [-0.3, -0.25) is 9.59 Å². The van der Waals surface area contributed by atoms with Gasteiger partial charge in [0, 0.05) is 0 Å². The molecule has 4 bridgehead atoms. The van der Waals surface area contributed by atoms with E-state index in [1.165, 1.54) is 0 Å². The lowest BCUT2D eigenvalue weighted by atomic mass is 9.67. The van der Waals surface area contributed by atoms with E-state index in [4.69, 9.17) is 14.2 Å². The summed E-state index contributed by atoms with van der Waals surface area (Å²) in [5.74, 6) is 0.752. The molecule has 5 heteroatoms. The Bertz CT molecular complexity index is 419. The van der Waals surface area contributed by atoms with E-state index in [-0.39, 0.29) is 42.6 Å². The second kappa shape index (κ2) is 5.95. The molecule has 0 aromatic carbocycles. The van der Waals surface area contributed by atoms with Gasteiger partial charge in [0.15, 0.2) is 0 Å². The van der Waals surface area contributed by atoms with Crippen molar-refractivity contribution >= 4 is 11.9 Å². The molecule has 0 aromatic rings. The third-order valence-electron chi connectivity index (χ3n) is 4.95. The molecule has 4 rings (SSSR count). The summed E-state index contributed by atoms with van der Waals surface area (Å²) in [4.78, 5) is 23.3. The topological polar surface area (TPSA) is 61.8 Å². The highest BCUT2D eigenvalue weighted by Crippen LogP contribution is 2.48. The van der Waals surface area contributed by atoms with E-state index in [0.717, 1.165) is 25.7 Å². The first-order valence-corrected chi connectivity index (χ1v) is 8.03. The molecule has 2 aliphatic heterocycles. The summed E-state index contributed by atoms with van der Waals surface area (Å²) in [6.45, 7) is 4.27. The van der Waals surface area contributed by atoms with Crippen LogP contribution in [0.3, 0.4) is 0 Å². The molecule has 2 heterocycles.